The molecule has 0 aliphatic rings. The van der Waals surface area contributed by atoms with E-state index in [0.717, 1.165) is 17.1 Å². The highest BCUT2D eigenvalue weighted by Gasteiger charge is 2.24. The van der Waals surface area contributed by atoms with E-state index in [1.165, 1.54) is 11.8 Å². The predicted octanol–water partition coefficient (Wildman–Crippen LogP) is 3.49. The van der Waals surface area contributed by atoms with Gasteiger partial charge in [0, 0.05) is 22.6 Å². The monoisotopic (exact) mass is 410 g/mol. The number of aryl methyl sites for hydroxylation is 2. The highest BCUT2D eigenvalue weighted by Crippen LogP contribution is 2.25. The number of nitrogens with zero attached hydrogens (tertiary/aromatic N) is 4. The van der Waals surface area contributed by atoms with Gasteiger partial charge in [-0.1, -0.05) is 0 Å². The number of hydrogen-bond acceptors (Lipinski definition) is 6. The lowest BCUT2D eigenvalue weighted by Crippen LogP contribution is -2.14. The van der Waals surface area contributed by atoms with Gasteiger partial charge in [-0.05, 0) is 58.0 Å². The van der Waals surface area contributed by atoms with Gasteiger partial charge in [-0.2, -0.15) is 5.10 Å². The smallest absolute Gasteiger partial charge is 0.337 e. The molecule has 0 aliphatic heterocycles. The van der Waals surface area contributed by atoms with Crippen molar-refractivity contribution in [1.82, 2.24) is 14.3 Å². The highest BCUT2D eigenvalue weighted by molar-refractivity contribution is 5.97. The first-order valence-corrected chi connectivity index (χ1v) is 9.25. The van der Waals surface area contributed by atoms with Crippen LogP contribution in [0.1, 0.15) is 43.5 Å². The quantitative estimate of drug-likeness (QED) is 0.266. The topological polar surface area (TPSA) is 109 Å². The van der Waals surface area contributed by atoms with Crippen molar-refractivity contribution in [2.75, 3.05) is 7.11 Å². The van der Waals surface area contributed by atoms with Gasteiger partial charge in [0.15, 0.2) is 5.78 Å². The van der Waals surface area contributed by atoms with Crippen LogP contribution in [-0.2, 0) is 11.3 Å². The molecule has 0 spiro atoms. The fourth-order valence-corrected chi connectivity index (χ4v) is 3.63. The normalized spacial score (nSPS) is 10.8. The molecule has 0 fully saturated rings. The SMILES string of the molecule is COC(=O)c1ccc(-n2c(C)cc(C(=O)Cn3nc(C)c([N+](=O)[O-])c3C)c2C)cc1. The number of methoxy groups -OCH3 is 1. The molecule has 0 unspecified atom stereocenters. The summed E-state index contributed by atoms with van der Waals surface area (Å²) < 4.78 is 8.00. The van der Waals surface area contributed by atoms with Gasteiger partial charge in [0.05, 0.1) is 17.6 Å². The summed E-state index contributed by atoms with van der Waals surface area (Å²) in [6.07, 6.45) is 0. The molecule has 1 aromatic carbocycles. The summed E-state index contributed by atoms with van der Waals surface area (Å²) in [4.78, 5) is 35.3. The van der Waals surface area contributed by atoms with Crippen LogP contribution in [0.4, 0.5) is 5.69 Å². The van der Waals surface area contributed by atoms with Crippen LogP contribution in [0.3, 0.4) is 0 Å². The number of ether oxygens (including phenoxy) is 1. The Morgan fingerprint density at radius 3 is 2.27 bits per heavy atom. The van der Waals surface area contributed by atoms with Crippen molar-refractivity contribution < 1.29 is 19.2 Å². The van der Waals surface area contributed by atoms with Gasteiger partial charge in [-0.3, -0.25) is 19.6 Å². The molecule has 3 rings (SSSR count). The van der Waals surface area contributed by atoms with Crippen molar-refractivity contribution in [2.45, 2.75) is 34.2 Å². The molecule has 0 atom stereocenters. The Labute approximate surface area is 173 Å². The zero-order valence-electron chi connectivity index (χ0n) is 17.4. The molecule has 3 aromatic rings. The molecule has 2 heterocycles. The average Bonchev–Trinajstić information content (AvgIpc) is 3.15. The van der Waals surface area contributed by atoms with Crippen LogP contribution in [-0.4, -0.2) is 38.1 Å². The molecule has 9 heteroatoms. The molecule has 0 bridgehead atoms. The van der Waals surface area contributed by atoms with E-state index in [1.807, 2.05) is 18.4 Å². The second kappa shape index (κ2) is 7.94. The molecule has 2 aromatic heterocycles. The van der Waals surface area contributed by atoms with Crippen LogP contribution in [0, 0.1) is 37.8 Å². The van der Waals surface area contributed by atoms with Gasteiger partial charge in [0.2, 0.25) is 0 Å². The number of hydrogen-bond donors (Lipinski definition) is 0. The number of rotatable bonds is 6. The van der Waals surface area contributed by atoms with Gasteiger partial charge >= 0.3 is 11.7 Å². The third-order valence-corrected chi connectivity index (χ3v) is 5.10. The first-order valence-electron chi connectivity index (χ1n) is 9.25. The van der Waals surface area contributed by atoms with Crippen LogP contribution in [0.5, 0.6) is 0 Å². The Bertz CT molecular complexity index is 1160. The molecule has 30 heavy (non-hydrogen) atoms. The van der Waals surface area contributed by atoms with Crippen LogP contribution in [0.2, 0.25) is 0 Å². The van der Waals surface area contributed by atoms with E-state index in [0.29, 0.717) is 16.8 Å². The zero-order chi connectivity index (χ0) is 22.2. The lowest BCUT2D eigenvalue weighted by atomic mass is 10.1. The van der Waals surface area contributed by atoms with Crippen molar-refractivity contribution in [2.24, 2.45) is 0 Å². The van der Waals surface area contributed by atoms with Crippen LogP contribution < -0.4 is 0 Å². The van der Waals surface area contributed by atoms with Crippen molar-refractivity contribution >= 4 is 17.4 Å². The fraction of sp³-hybridized carbons (Fsp3) is 0.286. The van der Waals surface area contributed by atoms with Gasteiger partial charge in [0.25, 0.3) is 0 Å². The molecule has 0 amide bonds. The maximum atomic E-state index is 13.0. The first kappa shape index (κ1) is 21.0. The number of ketones is 1. The third kappa shape index (κ3) is 3.61. The molecule has 0 aliphatic carbocycles. The van der Waals surface area contributed by atoms with Gasteiger partial charge in [0.1, 0.15) is 17.9 Å². The van der Waals surface area contributed by atoms with Crippen molar-refractivity contribution in [1.29, 1.82) is 0 Å². The summed E-state index contributed by atoms with van der Waals surface area (Å²) >= 11 is 0. The zero-order valence-corrected chi connectivity index (χ0v) is 17.4. The molecular weight excluding hydrogens is 388 g/mol. The lowest BCUT2D eigenvalue weighted by molar-refractivity contribution is -0.386. The molecule has 0 saturated carbocycles. The van der Waals surface area contributed by atoms with E-state index in [4.69, 9.17) is 4.74 Å². The second-order valence-electron chi connectivity index (χ2n) is 7.02. The minimum atomic E-state index is -0.484. The number of carbonyl (C=O) groups excluding carboxylic acids is 2. The number of Topliss-reactive ketones (excluding diaryl/α,β-unsaturated/α-hetero) is 1. The van der Waals surface area contributed by atoms with Crippen LogP contribution >= 0.6 is 0 Å². The summed E-state index contributed by atoms with van der Waals surface area (Å²) in [6.45, 7) is 6.75. The average molecular weight is 410 g/mol. The number of nitro groups is 1. The van der Waals surface area contributed by atoms with E-state index in [-0.39, 0.29) is 23.7 Å². The molecular formula is C21H22N4O5. The molecule has 9 nitrogen and oxygen atoms in total. The summed E-state index contributed by atoms with van der Waals surface area (Å²) in [5, 5.41) is 15.3. The largest absolute Gasteiger partial charge is 0.465 e. The van der Waals surface area contributed by atoms with Gasteiger partial charge < -0.3 is 9.30 Å². The Morgan fingerprint density at radius 2 is 1.73 bits per heavy atom. The number of aromatic nitrogens is 3. The number of benzene rings is 1. The summed E-state index contributed by atoms with van der Waals surface area (Å²) in [6, 6.07) is 8.68. The second-order valence-corrected chi connectivity index (χ2v) is 7.02. The minimum absolute atomic E-state index is 0.0704. The van der Waals surface area contributed by atoms with Crippen LogP contribution in [0.15, 0.2) is 30.3 Å². The third-order valence-electron chi connectivity index (χ3n) is 5.10. The fourth-order valence-electron chi connectivity index (χ4n) is 3.63. The van der Waals surface area contributed by atoms with Crippen LogP contribution in [0.25, 0.3) is 5.69 Å². The number of carbonyl (C=O) groups is 2. The summed E-state index contributed by atoms with van der Waals surface area (Å²) in [5.74, 6) is -0.613. The lowest BCUT2D eigenvalue weighted by Gasteiger charge is -2.11. The van der Waals surface area contributed by atoms with Gasteiger partial charge in [-0.25, -0.2) is 4.79 Å². The Kier molecular flexibility index (Phi) is 5.55. The molecule has 0 radical (unpaired) electrons. The maximum absolute atomic E-state index is 13.0. The van der Waals surface area contributed by atoms with Crippen molar-refractivity contribution in [3.8, 4) is 5.69 Å². The van der Waals surface area contributed by atoms with Crippen molar-refractivity contribution in [3.63, 3.8) is 0 Å². The Balaban J connectivity index is 1.92. The Hall–Kier alpha value is -3.75. The van der Waals surface area contributed by atoms with E-state index >= 15 is 0 Å². The standard InChI is InChI=1S/C21H22N4O5/c1-12-10-18(19(26)11-23-15(4)20(25(28)29)13(2)22-23)14(3)24(12)17-8-6-16(7-9-17)21(27)30-5/h6-10H,11H2,1-5H3. The summed E-state index contributed by atoms with van der Waals surface area (Å²) in [7, 11) is 1.33. The van der Waals surface area contributed by atoms with E-state index in [9.17, 15) is 19.7 Å². The minimum Gasteiger partial charge on any atom is -0.465 e. The van der Waals surface area contributed by atoms with E-state index < -0.39 is 10.9 Å². The maximum Gasteiger partial charge on any atom is 0.337 e. The van der Waals surface area contributed by atoms with E-state index in [1.54, 1.807) is 44.2 Å². The van der Waals surface area contributed by atoms with Gasteiger partial charge in [-0.15, -0.1) is 0 Å². The Morgan fingerprint density at radius 1 is 1.10 bits per heavy atom. The first-order chi connectivity index (χ1) is 14.1. The number of esters is 1. The van der Waals surface area contributed by atoms with Crippen molar-refractivity contribution in [3.05, 3.63) is 74.3 Å². The molecule has 0 saturated heterocycles. The predicted molar refractivity (Wildman–Crippen MR) is 109 cm³/mol. The molecule has 156 valence electrons. The molecule has 0 N–H and O–H groups in total. The summed E-state index contributed by atoms with van der Waals surface area (Å²) in [5.41, 5.74) is 3.89. The van der Waals surface area contributed by atoms with E-state index in [2.05, 4.69) is 5.10 Å². The highest BCUT2D eigenvalue weighted by atomic mass is 16.6.